The second kappa shape index (κ2) is 5.96. The fraction of sp³-hybridized carbons (Fsp3) is 0.200. The van der Waals surface area contributed by atoms with Gasteiger partial charge in [-0.25, -0.2) is 4.79 Å². The Kier molecular flexibility index (Phi) is 3.65. The zero-order valence-corrected chi connectivity index (χ0v) is 13.0. The molecule has 1 aliphatic rings. The summed E-state index contributed by atoms with van der Waals surface area (Å²) in [6.45, 7) is 0.538. The van der Waals surface area contributed by atoms with E-state index in [0.29, 0.717) is 18.6 Å². The molecule has 120 valence electrons. The molecule has 24 heavy (non-hydrogen) atoms. The second-order valence-electron chi connectivity index (χ2n) is 6.11. The van der Waals surface area contributed by atoms with Gasteiger partial charge in [-0.3, -0.25) is 4.79 Å². The summed E-state index contributed by atoms with van der Waals surface area (Å²) in [6.07, 6.45) is 0.316. The third-order valence-electron chi connectivity index (χ3n) is 4.33. The minimum absolute atomic E-state index is 0.0362. The van der Waals surface area contributed by atoms with Crippen molar-refractivity contribution in [2.45, 2.75) is 6.42 Å². The molecule has 3 aromatic rings. The molecular formula is C20H16O4. The molecule has 0 spiro atoms. The molecule has 1 saturated heterocycles. The molecule has 1 heterocycles. The van der Waals surface area contributed by atoms with E-state index in [1.165, 1.54) is 5.39 Å². The van der Waals surface area contributed by atoms with Crippen molar-refractivity contribution in [2.75, 3.05) is 13.2 Å². The highest BCUT2D eigenvalue weighted by molar-refractivity contribution is 6.01. The predicted octanol–water partition coefficient (Wildman–Crippen LogP) is 3.71. The number of fused-ring (bicyclic) bond motifs is 2. The quantitative estimate of drug-likeness (QED) is 0.545. The van der Waals surface area contributed by atoms with E-state index in [-0.39, 0.29) is 24.5 Å². The first-order valence-corrected chi connectivity index (χ1v) is 7.94. The first kappa shape index (κ1) is 14.7. The third kappa shape index (κ3) is 2.83. The highest BCUT2D eigenvalue weighted by Gasteiger charge is 2.25. The molecule has 0 aliphatic carbocycles. The number of carbonyl (C=O) groups is 2. The Balaban J connectivity index is 1.56. The Bertz CT molecular complexity index is 945. The van der Waals surface area contributed by atoms with Gasteiger partial charge in [-0.1, -0.05) is 30.3 Å². The zero-order chi connectivity index (χ0) is 16.5. The number of rotatable bonds is 3. The van der Waals surface area contributed by atoms with Crippen LogP contribution in [0.5, 0.6) is 0 Å². The molecular weight excluding hydrogens is 304 g/mol. The fourth-order valence-corrected chi connectivity index (χ4v) is 3.02. The molecule has 4 nitrogen and oxygen atoms in total. The van der Waals surface area contributed by atoms with E-state index in [2.05, 4.69) is 24.3 Å². The molecule has 0 radical (unpaired) electrons. The lowest BCUT2D eigenvalue weighted by Crippen LogP contribution is -2.14. The highest BCUT2D eigenvalue weighted by Crippen LogP contribution is 2.24. The lowest BCUT2D eigenvalue weighted by atomic mass is 10.0. The Morgan fingerprint density at radius 1 is 1.00 bits per heavy atom. The van der Waals surface area contributed by atoms with Crippen LogP contribution < -0.4 is 0 Å². The van der Waals surface area contributed by atoms with E-state index >= 15 is 0 Å². The van der Waals surface area contributed by atoms with Gasteiger partial charge >= 0.3 is 11.9 Å². The SMILES string of the molecule is O=C1CC(COC(=O)c2ccc3cc4ccccc4cc3c2)CO1. The largest absolute Gasteiger partial charge is 0.465 e. The van der Waals surface area contributed by atoms with E-state index in [4.69, 9.17) is 9.47 Å². The molecule has 1 aliphatic heterocycles. The van der Waals surface area contributed by atoms with Gasteiger partial charge in [-0.05, 0) is 45.8 Å². The molecule has 0 amide bonds. The molecule has 1 unspecified atom stereocenters. The van der Waals surface area contributed by atoms with Crippen LogP contribution in [0.25, 0.3) is 21.5 Å². The molecule has 3 aromatic carbocycles. The van der Waals surface area contributed by atoms with Crippen molar-refractivity contribution in [3.05, 3.63) is 60.2 Å². The normalized spacial score (nSPS) is 17.2. The van der Waals surface area contributed by atoms with Crippen LogP contribution in [-0.2, 0) is 14.3 Å². The number of hydrogen-bond donors (Lipinski definition) is 0. The van der Waals surface area contributed by atoms with Crippen LogP contribution in [0.1, 0.15) is 16.8 Å². The van der Waals surface area contributed by atoms with Crippen LogP contribution in [-0.4, -0.2) is 25.2 Å². The van der Waals surface area contributed by atoms with Crippen molar-refractivity contribution in [3.8, 4) is 0 Å². The van der Waals surface area contributed by atoms with E-state index in [9.17, 15) is 9.59 Å². The van der Waals surface area contributed by atoms with Gasteiger partial charge in [0.05, 0.1) is 25.2 Å². The maximum absolute atomic E-state index is 12.2. The maximum atomic E-state index is 12.2. The number of ether oxygens (including phenoxy) is 2. The molecule has 4 rings (SSSR count). The van der Waals surface area contributed by atoms with Gasteiger partial charge in [0, 0.05) is 5.92 Å². The molecule has 0 N–H and O–H groups in total. The first-order chi connectivity index (χ1) is 11.7. The average Bonchev–Trinajstić information content (AvgIpc) is 3.02. The van der Waals surface area contributed by atoms with Gasteiger partial charge in [0.25, 0.3) is 0 Å². The standard InChI is InChI=1S/C20H16O4/c21-19-7-13(11-23-19)12-24-20(22)17-6-5-16-8-14-3-1-2-4-15(14)9-18(16)10-17/h1-6,8-10,13H,7,11-12H2. The highest BCUT2D eigenvalue weighted by atomic mass is 16.6. The van der Waals surface area contributed by atoms with Crippen LogP contribution in [0.4, 0.5) is 0 Å². The van der Waals surface area contributed by atoms with Gasteiger partial charge in [0.1, 0.15) is 0 Å². The molecule has 1 fully saturated rings. The van der Waals surface area contributed by atoms with Crippen LogP contribution in [0.15, 0.2) is 54.6 Å². The fourth-order valence-electron chi connectivity index (χ4n) is 3.02. The van der Waals surface area contributed by atoms with Crippen molar-refractivity contribution in [1.29, 1.82) is 0 Å². The summed E-state index contributed by atoms with van der Waals surface area (Å²) < 4.78 is 10.2. The van der Waals surface area contributed by atoms with Gasteiger partial charge in [0.2, 0.25) is 0 Å². The monoisotopic (exact) mass is 320 g/mol. The third-order valence-corrected chi connectivity index (χ3v) is 4.33. The van der Waals surface area contributed by atoms with Crippen molar-refractivity contribution < 1.29 is 19.1 Å². The van der Waals surface area contributed by atoms with Crippen molar-refractivity contribution >= 4 is 33.5 Å². The first-order valence-electron chi connectivity index (χ1n) is 7.94. The van der Waals surface area contributed by atoms with Crippen LogP contribution in [0.2, 0.25) is 0 Å². The molecule has 4 heteroatoms. The van der Waals surface area contributed by atoms with E-state index < -0.39 is 0 Å². The van der Waals surface area contributed by atoms with E-state index in [1.54, 1.807) is 6.07 Å². The van der Waals surface area contributed by atoms with Crippen LogP contribution in [0, 0.1) is 5.92 Å². The van der Waals surface area contributed by atoms with Crippen molar-refractivity contribution in [3.63, 3.8) is 0 Å². The smallest absolute Gasteiger partial charge is 0.338 e. The molecule has 1 atom stereocenters. The average molecular weight is 320 g/mol. The van der Waals surface area contributed by atoms with Gasteiger partial charge < -0.3 is 9.47 Å². The topological polar surface area (TPSA) is 52.6 Å². The van der Waals surface area contributed by atoms with Crippen molar-refractivity contribution in [2.24, 2.45) is 5.92 Å². The summed E-state index contributed by atoms with van der Waals surface area (Å²) in [7, 11) is 0. The van der Waals surface area contributed by atoms with Gasteiger partial charge in [0.15, 0.2) is 0 Å². The van der Waals surface area contributed by atoms with E-state index in [0.717, 1.165) is 16.2 Å². The number of carbonyl (C=O) groups excluding carboxylic acids is 2. The molecule has 0 bridgehead atoms. The lowest BCUT2D eigenvalue weighted by Gasteiger charge is -2.09. The number of esters is 2. The minimum Gasteiger partial charge on any atom is -0.465 e. The van der Waals surface area contributed by atoms with Crippen LogP contribution >= 0.6 is 0 Å². The number of benzene rings is 3. The Morgan fingerprint density at radius 3 is 2.42 bits per heavy atom. The lowest BCUT2D eigenvalue weighted by molar-refractivity contribution is -0.137. The summed E-state index contributed by atoms with van der Waals surface area (Å²) in [6, 6.07) is 17.9. The summed E-state index contributed by atoms with van der Waals surface area (Å²) in [4.78, 5) is 23.3. The molecule has 0 saturated carbocycles. The number of cyclic esters (lactones) is 1. The summed E-state index contributed by atoms with van der Waals surface area (Å²) in [5.41, 5.74) is 0.517. The minimum atomic E-state index is -0.371. The summed E-state index contributed by atoms with van der Waals surface area (Å²) >= 11 is 0. The predicted molar refractivity (Wildman–Crippen MR) is 90.8 cm³/mol. The Labute approximate surface area is 139 Å². The van der Waals surface area contributed by atoms with Gasteiger partial charge in [-0.2, -0.15) is 0 Å². The Morgan fingerprint density at radius 2 is 1.71 bits per heavy atom. The molecule has 0 aromatic heterocycles. The Hall–Kier alpha value is -2.88. The van der Waals surface area contributed by atoms with Crippen molar-refractivity contribution in [1.82, 2.24) is 0 Å². The number of hydrogen-bond acceptors (Lipinski definition) is 4. The van der Waals surface area contributed by atoms with Crippen LogP contribution in [0.3, 0.4) is 0 Å². The summed E-state index contributed by atoms with van der Waals surface area (Å²) in [5, 5.41) is 4.39. The van der Waals surface area contributed by atoms with E-state index in [1.807, 2.05) is 24.3 Å². The maximum Gasteiger partial charge on any atom is 0.338 e. The van der Waals surface area contributed by atoms with Gasteiger partial charge in [-0.15, -0.1) is 0 Å². The zero-order valence-electron chi connectivity index (χ0n) is 13.0. The second-order valence-corrected chi connectivity index (χ2v) is 6.11. The summed E-state index contributed by atoms with van der Waals surface area (Å²) in [5.74, 6) is -0.635.